The van der Waals surface area contributed by atoms with Crippen molar-refractivity contribution in [3.63, 3.8) is 0 Å². The van der Waals surface area contributed by atoms with Gasteiger partial charge < -0.3 is 5.73 Å². The van der Waals surface area contributed by atoms with Crippen LogP contribution >= 0.6 is 11.8 Å². The standard InChI is InChI=1S/C11H17NS/c1-9-3-5-11(6-4-9)13-8-7-10(2)12/h3-6,10H,7-8,12H2,1-2H3. The fourth-order valence-electron chi connectivity index (χ4n) is 0.997. The van der Waals surface area contributed by atoms with Crippen LogP contribution in [0.3, 0.4) is 0 Å². The first-order valence-electron chi connectivity index (χ1n) is 4.63. The summed E-state index contributed by atoms with van der Waals surface area (Å²) in [5.41, 5.74) is 6.98. The molecule has 1 aromatic carbocycles. The minimum atomic E-state index is 0.318. The maximum Gasteiger partial charge on any atom is 0.00721 e. The zero-order valence-corrected chi connectivity index (χ0v) is 9.10. The van der Waals surface area contributed by atoms with Crippen LogP contribution in [0, 0.1) is 6.92 Å². The molecular weight excluding hydrogens is 178 g/mol. The number of thioether (sulfide) groups is 1. The van der Waals surface area contributed by atoms with Crippen LogP contribution in [0.4, 0.5) is 0 Å². The number of nitrogens with two attached hydrogens (primary N) is 1. The van der Waals surface area contributed by atoms with Crippen molar-refractivity contribution in [2.24, 2.45) is 5.73 Å². The van der Waals surface area contributed by atoms with E-state index in [1.807, 2.05) is 11.8 Å². The van der Waals surface area contributed by atoms with Gasteiger partial charge in [-0.25, -0.2) is 0 Å². The molecule has 0 spiro atoms. The maximum atomic E-state index is 5.67. The number of aryl methyl sites for hydroxylation is 1. The Morgan fingerprint density at radius 2 is 1.92 bits per heavy atom. The summed E-state index contributed by atoms with van der Waals surface area (Å²) in [5, 5.41) is 0. The van der Waals surface area contributed by atoms with Crippen molar-refractivity contribution in [1.82, 2.24) is 0 Å². The molecule has 72 valence electrons. The van der Waals surface area contributed by atoms with Gasteiger partial charge in [0.2, 0.25) is 0 Å². The van der Waals surface area contributed by atoms with E-state index < -0.39 is 0 Å². The lowest BCUT2D eigenvalue weighted by Gasteiger charge is -2.04. The average molecular weight is 195 g/mol. The Hall–Kier alpha value is -0.470. The van der Waals surface area contributed by atoms with Gasteiger partial charge in [-0.2, -0.15) is 0 Å². The highest BCUT2D eigenvalue weighted by molar-refractivity contribution is 7.99. The molecule has 0 bridgehead atoms. The highest BCUT2D eigenvalue weighted by Gasteiger charge is 1.96. The third-order valence-electron chi connectivity index (χ3n) is 1.86. The van der Waals surface area contributed by atoms with Gasteiger partial charge in [0, 0.05) is 10.9 Å². The van der Waals surface area contributed by atoms with E-state index in [0.717, 1.165) is 12.2 Å². The third-order valence-corrected chi connectivity index (χ3v) is 2.91. The SMILES string of the molecule is Cc1ccc(SCCC(C)N)cc1. The Balaban J connectivity index is 2.33. The van der Waals surface area contributed by atoms with Crippen molar-refractivity contribution >= 4 is 11.8 Å². The Morgan fingerprint density at radius 3 is 2.46 bits per heavy atom. The van der Waals surface area contributed by atoms with Gasteiger partial charge in [0.05, 0.1) is 0 Å². The van der Waals surface area contributed by atoms with Gasteiger partial charge in [-0.1, -0.05) is 17.7 Å². The second-order valence-electron chi connectivity index (χ2n) is 3.43. The minimum Gasteiger partial charge on any atom is -0.328 e. The Morgan fingerprint density at radius 1 is 1.31 bits per heavy atom. The predicted octanol–water partition coefficient (Wildman–Crippen LogP) is 2.82. The second-order valence-corrected chi connectivity index (χ2v) is 4.60. The van der Waals surface area contributed by atoms with Crippen LogP contribution in [0.25, 0.3) is 0 Å². The number of hydrogen-bond acceptors (Lipinski definition) is 2. The topological polar surface area (TPSA) is 26.0 Å². The molecule has 1 atom stereocenters. The summed E-state index contributed by atoms with van der Waals surface area (Å²) in [6, 6.07) is 8.95. The summed E-state index contributed by atoms with van der Waals surface area (Å²) in [6.07, 6.45) is 1.08. The van der Waals surface area contributed by atoms with Crippen LogP contribution in [0.2, 0.25) is 0 Å². The molecule has 0 fully saturated rings. The maximum absolute atomic E-state index is 5.67. The monoisotopic (exact) mass is 195 g/mol. The van der Waals surface area contributed by atoms with Gasteiger partial charge in [-0.15, -0.1) is 11.8 Å². The molecule has 0 aliphatic carbocycles. The number of hydrogen-bond donors (Lipinski definition) is 1. The van der Waals surface area contributed by atoms with Crippen molar-refractivity contribution in [3.05, 3.63) is 29.8 Å². The molecule has 2 heteroatoms. The minimum absolute atomic E-state index is 0.318. The smallest absolute Gasteiger partial charge is 0.00721 e. The van der Waals surface area contributed by atoms with E-state index in [-0.39, 0.29) is 0 Å². The normalized spacial score (nSPS) is 12.8. The molecular formula is C11H17NS. The van der Waals surface area contributed by atoms with Crippen LogP contribution in [-0.4, -0.2) is 11.8 Å². The molecule has 0 aliphatic rings. The molecule has 1 rings (SSSR count). The summed E-state index contributed by atoms with van der Waals surface area (Å²) in [4.78, 5) is 1.34. The highest BCUT2D eigenvalue weighted by atomic mass is 32.2. The first-order valence-corrected chi connectivity index (χ1v) is 5.62. The van der Waals surface area contributed by atoms with E-state index in [1.54, 1.807) is 0 Å². The molecule has 2 N–H and O–H groups in total. The second kappa shape index (κ2) is 5.30. The molecule has 1 unspecified atom stereocenters. The van der Waals surface area contributed by atoms with E-state index in [2.05, 4.69) is 38.1 Å². The van der Waals surface area contributed by atoms with Gasteiger partial charge in [0.15, 0.2) is 0 Å². The van der Waals surface area contributed by atoms with Gasteiger partial charge in [0.1, 0.15) is 0 Å². The van der Waals surface area contributed by atoms with Gasteiger partial charge in [-0.05, 0) is 38.2 Å². The van der Waals surface area contributed by atoms with Crippen molar-refractivity contribution in [1.29, 1.82) is 0 Å². The van der Waals surface area contributed by atoms with E-state index in [0.29, 0.717) is 6.04 Å². The summed E-state index contributed by atoms with van der Waals surface area (Å²) >= 11 is 1.88. The molecule has 1 nitrogen and oxygen atoms in total. The quantitative estimate of drug-likeness (QED) is 0.748. The van der Waals surface area contributed by atoms with Crippen molar-refractivity contribution in [2.75, 3.05) is 5.75 Å². The molecule has 0 aromatic heterocycles. The molecule has 0 heterocycles. The zero-order valence-electron chi connectivity index (χ0n) is 8.29. The summed E-state index contributed by atoms with van der Waals surface area (Å²) < 4.78 is 0. The van der Waals surface area contributed by atoms with E-state index >= 15 is 0 Å². The lowest BCUT2D eigenvalue weighted by atomic mass is 10.2. The lowest BCUT2D eigenvalue weighted by Crippen LogP contribution is -2.15. The fraction of sp³-hybridized carbons (Fsp3) is 0.455. The van der Waals surface area contributed by atoms with Crippen molar-refractivity contribution in [2.45, 2.75) is 31.2 Å². The first-order chi connectivity index (χ1) is 6.18. The summed E-state index contributed by atoms with van der Waals surface area (Å²) in [5.74, 6) is 1.11. The molecule has 0 saturated heterocycles. The van der Waals surface area contributed by atoms with Gasteiger partial charge >= 0.3 is 0 Å². The molecule has 0 radical (unpaired) electrons. The predicted molar refractivity (Wildman–Crippen MR) is 60.2 cm³/mol. The van der Waals surface area contributed by atoms with Crippen molar-refractivity contribution < 1.29 is 0 Å². The van der Waals surface area contributed by atoms with E-state index in [1.165, 1.54) is 10.5 Å². The zero-order chi connectivity index (χ0) is 9.68. The molecule has 1 aromatic rings. The third kappa shape index (κ3) is 4.34. The van der Waals surface area contributed by atoms with Crippen molar-refractivity contribution in [3.8, 4) is 0 Å². The Bertz CT molecular complexity index is 241. The largest absolute Gasteiger partial charge is 0.328 e. The average Bonchev–Trinajstić information content (AvgIpc) is 2.08. The highest BCUT2D eigenvalue weighted by Crippen LogP contribution is 2.19. The van der Waals surface area contributed by atoms with Crippen LogP contribution in [0.15, 0.2) is 29.2 Å². The Kier molecular flexibility index (Phi) is 4.33. The summed E-state index contributed by atoms with van der Waals surface area (Å²) in [6.45, 7) is 4.16. The van der Waals surface area contributed by atoms with Crippen LogP contribution in [0.1, 0.15) is 18.9 Å². The lowest BCUT2D eigenvalue weighted by molar-refractivity contribution is 0.721. The fourth-order valence-corrected chi connectivity index (χ4v) is 2.05. The van der Waals surface area contributed by atoms with Crippen LogP contribution < -0.4 is 5.73 Å². The van der Waals surface area contributed by atoms with E-state index in [4.69, 9.17) is 5.73 Å². The molecule has 0 amide bonds. The van der Waals surface area contributed by atoms with E-state index in [9.17, 15) is 0 Å². The number of benzene rings is 1. The van der Waals surface area contributed by atoms with Gasteiger partial charge in [-0.3, -0.25) is 0 Å². The van der Waals surface area contributed by atoms with Crippen LogP contribution in [0.5, 0.6) is 0 Å². The first kappa shape index (κ1) is 10.6. The summed E-state index contributed by atoms with van der Waals surface area (Å²) in [7, 11) is 0. The van der Waals surface area contributed by atoms with Crippen LogP contribution in [-0.2, 0) is 0 Å². The molecule has 13 heavy (non-hydrogen) atoms. The van der Waals surface area contributed by atoms with Gasteiger partial charge in [0.25, 0.3) is 0 Å². The number of rotatable bonds is 4. The molecule has 0 saturated carbocycles. The molecule has 0 aliphatic heterocycles. The Labute approximate surface area is 84.7 Å².